The van der Waals surface area contributed by atoms with E-state index in [1.165, 1.54) is 38.0 Å². The first-order valence-corrected chi connectivity index (χ1v) is 29.5. The normalized spacial score (nSPS) is 12.0. The highest BCUT2D eigenvalue weighted by Gasteiger charge is 2.27. The van der Waals surface area contributed by atoms with Crippen LogP contribution in [0.5, 0.6) is 0 Å². The lowest BCUT2D eigenvalue weighted by molar-refractivity contribution is 1.04. The van der Waals surface area contributed by atoms with Gasteiger partial charge in [0.05, 0.1) is 38.8 Å². The van der Waals surface area contributed by atoms with Gasteiger partial charge >= 0.3 is 0 Å². The summed E-state index contributed by atoms with van der Waals surface area (Å²) in [6.45, 7) is 4.49. The molecule has 0 saturated carbocycles. The van der Waals surface area contributed by atoms with E-state index in [-0.39, 0.29) is 0 Å². The third-order valence-corrected chi connectivity index (χ3v) is 16.8. The number of hydrogen-bond acceptors (Lipinski definition) is 3. The molecule has 6 heteroatoms. The second-order valence-corrected chi connectivity index (χ2v) is 22.0. The average Bonchev–Trinajstić information content (AvgIpc) is 1.55. The van der Waals surface area contributed by atoms with Crippen LogP contribution in [0.25, 0.3) is 145 Å². The van der Waals surface area contributed by atoms with E-state index in [0.717, 1.165) is 100 Å². The van der Waals surface area contributed by atoms with E-state index in [0.29, 0.717) is 17.5 Å². The Morgan fingerprint density at radius 1 is 0.333 bits per heavy atom. The summed E-state index contributed by atoms with van der Waals surface area (Å²) in [5.41, 5.74) is 20.0. The summed E-state index contributed by atoms with van der Waals surface area (Å²) in [4.78, 5) is 15.9. The Balaban J connectivity index is 0.973. The lowest BCUT2D eigenvalue weighted by Gasteiger charge is -2.21. The van der Waals surface area contributed by atoms with Crippen molar-refractivity contribution in [3.8, 4) is 62.1 Å². The predicted octanol–water partition coefficient (Wildman–Crippen LogP) is 20.6. The van der Waals surface area contributed by atoms with E-state index in [9.17, 15) is 0 Å². The molecule has 0 N–H and O–H groups in total. The molecule has 0 aliphatic rings. The molecule has 4 heterocycles. The Morgan fingerprint density at radius 3 is 1.28 bits per heavy atom. The number of hydrogen-bond donors (Lipinski definition) is 0. The number of nitrogens with zero attached hydrogens (tertiary/aromatic N) is 6. The summed E-state index contributed by atoms with van der Waals surface area (Å²) in [5.74, 6) is 1.66. The number of benzene rings is 12. The molecule has 0 radical (unpaired) electrons. The molecule has 0 unspecified atom stereocenters. The number of allylic oxidation sites excluding steroid dienone is 4. The van der Waals surface area contributed by atoms with Crippen molar-refractivity contribution in [2.75, 3.05) is 0 Å². The molecule has 12 aromatic carbocycles. The summed E-state index contributed by atoms with van der Waals surface area (Å²) in [7, 11) is 0. The molecule has 87 heavy (non-hydrogen) atoms. The molecule has 16 aromatic rings. The van der Waals surface area contributed by atoms with Gasteiger partial charge in [-0.3, -0.25) is 0 Å². The number of fused-ring (bicyclic) bond motifs is 11. The SMILES string of the molecule is C=C(/C=C(\C=C\c1nc(-c2ccccc2)nc(-c2cc(-c3ccccc3)c(-n3c4ccccc4c4c3ccc3c5ccc6c(c7ccccc7n6-c6ccccc6)c5n(-c5ccccc5)c34)c(-c3ccccc3)c2)n1)c1ccccc1)c1ccccc1. The van der Waals surface area contributed by atoms with Crippen LogP contribution in [0, 0.1) is 0 Å². The molecule has 0 amide bonds. The summed E-state index contributed by atoms with van der Waals surface area (Å²) in [6.07, 6.45) is 6.22. The van der Waals surface area contributed by atoms with Crippen LogP contribution in [0.15, 0.2) is 316 Å². The third kappa shape index (κ3) is 8.86. The topological polar surface area (TPSA) is 53.5 Å². The van der Waals surface area contributed by atoms with Crippen molar-refractivity contribution in [1.82, 2.24) is 28.7 Å². The molecule has 0 aliphatic carbocycles. The van der Waals surface area contributed by atoms with Crippen LogP contribution in [0.4, 0.5) is 0 Å². The molecule has 0 fully saturated rings. The highest BCUT2D eigenvalue weighted by Crippen LogP contribution is 2.49. The maximum Gasteiger partial charge on any atom is 0.164 e. The standard InChI is InChI=1S/C81H54N6/c1-54(55-27-9-2-10-28-55)51-60(56-29-11-3-12-30-56)45-50-74-82-80(59-35-17-6-18-36-59)84-81(83-74)61-52-68(57-31-13-4-14-32-57)77(69(53-61)58-33-15-5-16-34-58)87-71-44-26-24-42-67(71)76-73(87)49-47-65-64-46-48-72-75(78(64)86(79(65)76)63-39-21-8-22-40-63)66-41-23-25-43-70(66)85(72)62-37-19-7-20-38-62/h2-53H,1H2/b50-45+,60-51+. The molecule has 0 bridgehead atoms. The highest BCUT2D eigenvalue weighted by atomic mass is 15.0. The minimum Gasteiger partial charge on any atom is -0.309 e. The Labute approximate surface area is 503 Å². The van der Waals surface area contributed by atoms with Crippen molar-refractivity contribution in [1.29, 1.82) is 0 Å². The van der Waals surface area contributed by atoms with Gasteiger partial charge in [-0.2, -0.15) is 0 Å². The maximum absolute atomic E-state index is 5.38. The zero-order valence-electron chi connectivity index (χ0n) is 47.4. The van der Waals surface area contributed by atoms with E-state index in [1.807, 2.05) is 48.5 Å². The third-order valence-electron chi connectivity index (χ3n) is 16.8. The Bertz CT molecular complexity index is 5290. The summed E-state index contributed by atoms with van der Waals surface area (Å²) >= 11 is 0. The van der Waals surface area contributed by atoms with Crippen molar-refractivity contribution in [3.63, 3.8) is 0 Å². The lowest BCUT2D eigenvalue weighted by atomic mass is 9.92. The smallest absolute Gasteiger partial charge is 0.164 e. The molecule has 408 valence electrons. The number of para-hydroxylation sites is 4. The van der Waals surface area contributed by atoms with Crippen LogP contribution in [0.2, 0.25) is 0 Å². The first-order chi connectivity index (χ1) is 43.1. The van der Waals surface area contributed by atoms with E-state index in [2.05, 4.69) is 287 Å². The van der Waals surface area contributed by atoms with Gasteiger partial charge in [-0.15, -0.1) is 0 Å². The zero-order valence-corrected chi connectivity index (χ0v) is 47.4. The summed E-state index contributed by atoms with van der Waals surface area (Å²) in [5, 5.41) is 7.12. The zero-order chi connectivity index (χ0) is 57.8. The first kappa shape index (κ1) is 51.0. The van der Waals surface area contributed by atoms with Crippen LogP contribution in [0.3, 0.4) is 0 Å². The Kier molecular flexibility index (Phi) is 12.6. The van der Waals surface area contributed by atoms with Gasteiger partial charge in [0.15, 0.2) is 17.5 Å². The van der Waals surface area contributed by atoms with Crippen molar-refractivity contribution in [2.45, 2.75) is 0 Å². The molecule has 0 aliphatic heterocycles. The van der Waals surface area contributed by atoms with Gasteiger partial charge < -0.3 is 13.7 Å². The Morgan fingerprint density at radius 2 is 0.747 bits per heavy atom. The van der Waals surface area contributed by atoms with Gasteiger partial charge in [0.2, 0.25) is 0 Å². The molecule has 16 rings (SSSR count). The van der Waals surface area contributed by atoms with E-state index in [1.54, 1.807) is 0 Å². The van der Waals surface area contributed by atoms with Crippen molar-refractivity contribution in [2.24, 2.45) is 0 Å². The quantitative estimate of drug-likeness (QED) is 0.115. The van der Waals surface area contributed by atoms with Gasteiger partial charge in [0.25, 0.3) is 0 Å². The fourth-order valence-corrected chi connectivity index (χ4v) is 13.0. The van der Waals surface area contributed by atoms with E-state index >= 15 is 0 Å². The molecular formula is C81H54N6. The summed E-state index contributed by atoms with van der Waals surface area (Å²) < 4.78 is 7.48. The highest BCUT2D eigenvalue weighted by molar-refractivity contribution is 6.32. The van der Waals surface area contributed by atoms with Crippen LogP contribution in [-0.2, 0) is 0 Å². The summed E-state index contributed by atoms with van der Waals surface area (Å²) in [6, 6.07) is 106. The van der Waals surface area contributed by atoms with Gasteiger partial charge in [-0.1, -0.05) is 249 Å². The first-order valence-electron chi connectivity index (χ1n) is 29.5. The van der Waals surface area contributed by atoms with E-state index in [4.69, 9.17) is 15.0 Å². The second-order valence-electron chi connectivity index (χ2n) is 22.0. The van der Waals surface area contributed by atoms with Gasteiger partial charge in [-0.25, -0.2) is 15.0 Å². The average molecular weight is 1110 g/mol. The minimum absolute atomic E-state index is 0.528. The van der Waals surface area contributed by atoms with Crippen LogP contribution in [0.1, 0.15) is 17.0 Å². The second kappa shape index (κ2) is 21.5. The molecule has 6 nitrogen and oxygen atoms in total. The van der Waals surface area contributed by atoms with Gasteiger partial charge in [-0.05, 0) is 106 Å². The van der Waals surface area contributed by atoms with Gasteiger partial charge in [0, 0.05) is 65.9 Å². The Hall–Kier alpha value is -11.7. The van der Waals surface area contributed by atoms with Crippen molar-refractivity contribution in [3.05, 3.63) is 333 Å². The number of aromatic nitrogens is 6. The molecular weight excluding hydrogens is 1060 g/mol. The molecule has 0 saturated heterocycles. The maximum atomic E-state index is 5.38. The van der Waals surface area contributed by atoms with Crippen LogP contribution >= 0.6 is 0 Å². The fourth-order valence-electron chi connectivity index (χ4n) is 13.0. The lowest BCUT2D eigenvalue weighted by Crippen LogP contribution is -2.04. The monoisotopic (exact) mass is 1110 g/mol. The van der Waals surface area contributed by atoms with Gasteiger partial charge in [0.1, 0.15) is 0 Å². The minimum atomic E-state index is 0.528. The van der Waals surface area contributed by atoms with Crippen LogP contribution in [-0.4, -0.2) is 28.7 Å². The van der Waals surface area contributed by atoms with Crippen molar-refractivity contribution < 1.29 is 0 Å². The molecule has 0 atom stereocenters. The van der Waals surface area contributed by atoms with Crippen molar-refractivity contribution >= 4 is 82.6 Å². The molecule has 4 aromatic heterocycles. The largest absolute Gasteiger partial charge is 0.309 e. The fraction of sp³-hybridized carbons (Fsp3) is 0. The van der Waals surface area contributed by atoms with Crippen LogP contribution < -0.4 is 0 Å². The molecule has 0 spiro atoms. The predicted molar refractivity (Wildman–Crippen MR) is 364 cm³/mol. The van der Waals surface area contributed by atoms with E-state index < -0.39 is 0 Å². The number of rotatable bonds is 12.